The van der Waals surface area contributed by atoms with Gasteiger partial charge in [0.05, 0.1) is 22.4 Å². The number of hydrogen-bond donors (Lipinski definition) is 3. The Balaban J connectivity index is 0.982. The van der Waals surface area contributed by atoms with E-state index in [2.05, 4.69) is 39.0 Å². The molecule has 16 heteroatoms. The van der Waals surface area contributed by atoms with E-state index in [1.807, 2.05) is 24.3 Å². The molecule has 356 valence electrons. The van der Waals surface area contributed by atoms with Crippen molar-refractivity contribution < 1.29 is 41.8 Å². The molecule has 2 aromatic rings. The summed E-state index contributed by atoms with van der Waals surface area (Å²) < 4.78 is 47.5. The van der Waals surface area contributed by atoms with Crippen molar-refractivity contribution in [3.63, 3.8) is 0 Å². The van der Waals surface area contributed by atoms with Gasteiger partial charge in [0, 0.05) is 37.4 Å². The van der Waals surface area contributed by atoms with Crippen LogP contribution < -0.4 is 24.8 Å². The number of aromatic nitrogens is 1. The number of fused-ring (bicyclic) bond motifs is 5. The number of para-hydroxylation sites is 1. The highest BCUT2D eigenvalue weighted by atomic mass is 32.2. The van der Waals surface area contributed by atoms with Crippen molar-refractivity contribution in [3.8, 4) is 11.6 Å². The molecular formula is C50H66N6O9S. The van der Waals surface area contributed by atoms with E-state index in [0.717, 1.165) is 88.4 Å². The first-order valence-electron chi connectivity index (χ1n) is 24.7. The van der Waals surface area contributed by atoms with Gasteiger partial charge in [0.25, 0.3) is 5.91 Å². The van der Waals surface area contributed by atoms with E-state index in [-0.39, 0.29) is 37.3 Å². The van der Waals surface area contributed by atoms with Crippen LogP contribution in [0.15, 0.2) is 49.1 Å². The Labute approximate surface area is 388 Å². The van der Waals surface area contributed by atoms with Crippen LogP contribution in [0.25, 0.3) is 10.9 Å². The number of carbonyl (C=O) groups is 4. The van der Waals surface area contributed by atoms with Crippen molar-refractivity contribution in [3.05, 3.63) is 54.6 Å². The van der Waals surface area contributed by atoms with Crippen LogP contribution in [-0.4, -0.2) is 114 Å². The van der Waals surface area contributed by atoms with Crippen molar-refractivity contribution in [2.24, 2.45) is 23.2 Å². The maximum absolute atomic E-state index is 15.1. The van der Waals surface area contributed by atoms with E-state index in [1.165, 1.54) is 24.2 Å². The number of alkyl carbamates (subject to hydrolysis) is 1. The van der Waals surface area contributed by atoms with Gasteiger partial charge in [-0.3, -0.25) is 24.0 Å². The highest BCUT2D eigenvalue weighted by Gasteiger charge is 2.63. The molecule has 0 radical (unpaired) electrons. The van der Waals surface area contributed by atoms with Gasteiger partial charge in [-0.25, -0.2) is 18.2 Å². The molecule has 3 aliphatic heterocycles. The molecule has 7 fully saturated rings. The van der Waals surface area contributed by atoms with Crippen molar-refractivity contribution in [1.29, 1.82) is 0 Å². The van der Waals surface area contributed by atoms with Gasteiger partial charge in [-0.1, -0.05) is 49.6 Å². The number of ether oxygens (including phenoxy) is 3. The van der Waals surface area contributed by atoms with Gasteiger partial charge in [0.2, 0.25) is 27.7 Å². The van der Waals surface area contributed by atoms with E-state index in [4.69, 9.17) is 19.2 Å². The number of rotatable bonds is 11. The Bertz CT molecular complexity index is 2390. The molecule has 1 aromatic carbocycles. The molecule has 4 heterocycles. The van der Waals surface area contributed by atoms with Gasteiger partial charge >= 0.3 is 6.09 Å². The van der Waals surface area contributed by atoms with E-state index < -0.39 is 68.2 Å². The van der Waals surface area contributed by atoms with Gasteiger partial charge in [0.15, 0.2) is 0 Å². The molecule has 2 bridgehead atoms. The van der Waals surface area contributed by atoms with Crippen LogP contribution in [0.2, 0.25) is 0 Å². The molecule has 10 rings (SSSR count). The number of nitrogens with zero attached hydrogens (tertiary/aromatic N) is 3. The minimum atomic E-state index is -4.01. The normalized spacial score (nSPS) is 32.2. The number of benzene rings is 1. The minimum absolute atomic E-state index is 0.00489. The molecular weight excluding hydrogens is 861 g/mol. The zero-order chi connectivity index (χ0) is 45.8. The second-order valence-electron chi connectivity index (χ2n) is 21.1. The number of likely N-dealkylation sites (tertiary alicyclic amines) is 1. The molecule has 8 aliphatic rings. The molecule has 7 atom stereocenters. The highest BCUT2D eigenvalue weighted by molar-refractivity contribution is 7.91. The molecule has 66 heavy (non-hydrogen) atoms. The Morgan fingerprint density at radius 2 is 1.76 bits per heavy atom. The third kappa shape index (κ3) is 8.69. The van der Waals surface area contributed by atoms with Gasteiger partial charge in [-0.05, 0) is 120 Å². The fraction of sp³-hybridized carbons (Fsp3) is 0.660. The molecule has 4 amide bonds. The average molecular weight is 927 g/mol. The van der Waals surface area contributed by atoms with Crippen LogP contribution in [0, 0.1) is 23.2 Å². The predicted molar refractivity (Wildman–Crippen MR) is 247 cm³/mol. The fourth-order valence-corrected chi connectivity index (χ4v) is 13.2. The summed E-state index contributed by atoms with van der Waals surface area (Å²) in [5.41, 5.74) is 0.411. The summed E-state index contributed by atoms with van der Waals surface area (Å²) in [5, 5.41) is 6.77. The predicted octanol–water partition coefficient (Wildman–Crippen LogP) is 5.85. The number of carbonyl (C=O) groups excluding carboxylic acids is 4. The largest absolute Gasteiger partial charge is 0.491 e. The van der Waals surface area contributed by atoms with E-state index in [9.17, 15) is 22.8 Å². The monoisotopic (exact) mass is 926 g/mol. The van der Waals surface area contributed by atoms with Crippen molar-refractivity contribution in [2.45, 2.75) is 151 Å². The van der Waals surface area contributed by atoms with Gasteiger partial charge in [-0.2, -0.15) is 0 Å². The first-order chi connectivity index (χ1) is 31.8. The van der Waals surface area contributed by atoms with Crippen LogP contribution in [0.5, 0.6) is 11.6 Å². The third-order valence-corrected chi connectivity index (χ3v) is 18.7. The highest BCUT2D eigenvalue weighted by Crippen LogP contribution is 2.49. The van der Waals surface area contributed by atoms with Crippen molar-refractivity contribution >= 4 is 44.7 Å². The first kappa shape index (κ1) is 45.1. The second kappa shape index (κ2) is 17.7. The van der Waals surface area contributed by atoms with Crippen LogP contribution >= 0.6 is 0 Å². The smallest absolute Gasteiger partial charge is 0.408 e. The average Bonchev–Trinajstić information content (AvgIpc) is 3.89. The Morgan fingerprint density at radius 3 is 2.48 bits per heavy atom. The summed E-state index contributed by atoms with van der Waals surface area (Å²) in [5.74, 6) is -1.33. The topological polar surface area (TPSA) is 186 Å². The molecule has 15 nitrogen and oxygen atoms in total. The van der Waals surface area contributed by atoms with Gasteiger partial charge in [-0.15, -0.1) is 6.58 Å². The van der Waals surface area contributed by atoms with Crippen LogP contribution in [0.3, 0.4) is 0 Å². The zero-order valence-corrected chi connectivity index (χ0v) is 39.1. The molecule has 5 aliphatic carbocycles. The molecule has 0 unspecified atom stereocenters. The number of amides is 4. The van der Waals surface area contributed by atoms with Crippen molar-refractivity contribution in [2.75, 3.05) is 32.8 Å². The maximum Gasteiger partial charge on any atom is 0.408 e. The molecule has 5 saturated carbocycles. The SMILES string of the molecule is C=C[C@@H]1C[C@]1(NC(=O)[C@@H]1C[C@@H]2CN1C(=O)[C@H](C1CCCC1)NC(=O)O[C@@H]1CCC[C@H]1CC/C=C/Cc1c(nc3ccccc3c1OCCN1CC3(CCC3)C1)O2)C(=O)NS(=O)(=O)C1(C)CC1. The van der Waals surface area contributed by atoms with E-state index >= 15 is 4.79 Å². The minimum Gasteiger partial charge on any atom is -0.491 e. The molecule has 2 saturated heterocycles. The molecule has 1 aromatic heterocycles. The summed E-state index contributed by atoms with van der Waals surface area (Å²) in [6, 6.07) is 5.76. The van der Waals surface area contributed by atoms with Crippen molar-refractivity contribution in [1.82, 2.24) is 30.1 Å². The zero-order valence-electron chi connectivity index (χ0n) is 38.3. The summed E-state index contributed by atoms with van der Waals surface area (Å²) in [7, 11) is -4.01. The lowest BCUT2D eigenvalue weighted by Crippen LogP contribution is -2.60. The lowest BCUT2D eigenvalue weighted by Gasteiger charge is -2.56. The number of sulfonamides is 1. The number of allylic oxidation sites excluding steroid dienone is 2. The third-order valence-electron chi connectivity index (χ3n) is 16.5. The van der Waals surface area contributed by atoms with Crippen LogP contribution in [0.1, 0.15) is 115 Å². The fourth-order valence-electron chi connectivity index (χ4n) is 11.9. The van der Waals surface area contributed by atoms with Crippen LogP contribution in [0.4, 0.5) is 4.79 Å². The van der Waals surface area contributed by atoms with Gasteiger partial charge in [0.1, 0.15) is 42.2 Å². The number of nitrogens with one attached hydrogen (secondary N) is 3. The standard InChI is InChI=1S/C50H66N6O9S/c1-3-34-28-50(34,46(59)54-66(61,62)48(2)23-24-48)53-43(57)39-27-35-29-56(39)45(58)41(33-14-7-8-15-33)52-47(60)65-40-20-11-16-32(40)13-5-4-6-18-37-42(36-17-9-10-19-38(36)51-44(37)64-35)63-26-25-55-30-49(31-55)21-12-22-49/h3-4,6,9-10,17,19,32-35,39-41H,1,5,7-8,11-16,18,20-31H2,2H3,(H,52,60)(H,53,57)(H,54,59)/b6-4+/t32-,34-,35-,39+,40-,41+,50-/m1/s1. The maximum atomic E-state index is 15.1. The summed E-state index contributed by atoms with van der Waals surface area (Å²) in [6.07, 6.45) is 17.2. The quantitative estimate of drug-likeness (QED) is 0.230. The Morgan fingerprint density at radius 1 is 0.985 bits per heavy atom. The lowest BCUT2D eigenvalue weighted by molar-refractivity contribution is -0.142. The Kier molecular flexibility index (Phi) is 12.1. The van der Waals surface area contributed by atoms with E-state index in [1.54, 1.807) is 13.0 Å². The van der Waals surface area contributed by atoms with Gasteiger partial charge < -0.3 is 29.7 Å². The number of hydrogen-bond acceptors (Lipinski definition) is 11. The summed E-state index contributed by atoms with van der Waals surface area (Å²) in [6.45, 7) is 8.98. The summed E-state index contributed by atoms with van der Waals surface area (Å²) in [4.78, 5) is 66.7. The lowest BCUT2D eigenvalue weighted by atomic mass is 9.63. The van der Waals surface area contributed by atoms with Crippen LogP contribution in [-0.2, 0) is 35.6 Å². The first-order valence-corrected chi connectivity index (χ1v) is 26.2. The second-order valence-corrected chi connectivity index (χ2v) is 23.3. The number of pyridine rings is 1. The van der Waals surface area contributed by atoms with E-state index in [0.29, 0.717) is 48.4 Å². The molecule has 3 N–H and O–H groups in total. The molecule has 1 spiro atoms. The summed E-state index contributed by atoms with van der Waals surface area (Å²) >= 11 is 0. The Hall–Kier alpha value is -4.70.